The number of ether oxygens (including phenoxy) is 1. The minimum atomic E-state index is -0.228. The monoisotopic (exact) mass is 347 g/mol. The normalized spacial score (nSPS) is 13.2. The summed E-state index contributed by atoms with van der Waals surface area (Å²) >= 11 is 5.90. The highest BCUT2D eigenvalue weighted by atomic mass is 35.5. The zero-order valence-corrected chi connectivity index (χ0v) is 14.8. The Morgan fingerprint density at radius 3 is 2.58 bits per heavy atom. The van der Waals surface area contributed by atoms with Crippen LogP contribution in [0.4, 0.5) is 4.79 Å². The Bertz CT molecular complexity index is 649. The first-order chi connectivity index (χ1) is 11.5. The van der Waals surface area contributed by atoms with Gasteiger partial charge in [0.25, 0.3) is 0 Å². The number of methoxy groups -OCH3 is 1. The van der Waals surface area contributed by atoms with Crippen molar-refractivity contribution in [2.24, 2.45) is 0 Å². The van der Waals surface area contributed by atoms with Gasteiger partial charge in [0.1, 0.15) is 0 Å². The van der Waals surface area contributed by atoms with E-state index in [2.05, 4.69) is 10.3 Å². The molecule has 2 amide bonds. The topological polar surface area (TPSA) is 54.5 Å². The quantitative estimate of drug-likeness (QED) is 0.864. The van der Waals surface area contributed by atoms with Crippen LogP contribution in [-0.4, -0.2) is 36.6 Å². The smallest absolute Gasteiger partial charge is 0.317 e. The molecule has 0 saturated heterocycles. The maximum absolute atomic E-state index is 12.4. The third-order valence-electron chi connectivity index (χ3n) is 4.03. The van der Waals surface area contributed by atoms with Gasteiger partial charge < -0.3 is 15.0 Å². The fraction of sp³-hybridized carbons (Fsp3) is 0.333. The molecular weight excluding hydrogens is 326 g/mol. The molecule has 2 atom stereocenters. The highest BCUT2D eigenvalue weighted by molar-refractivity contribution is 6.30. The molecule has 0 saturated carbocycles. The molecule has 0 radical (unpaired) electrons. The number of nitrogens with one attached hydrogen (secondary N) is 1. The molecule has 1 aromatic carbocycles. The standard InChI is InChI=1S/C18H22ClN3O2/c1-13(15-5-4-10-20-11-15)22(2)18(23)21-12-17(24-3)14-6-8-16(19)9-7-14/h4-11,13,17H,12H2,1-3H3,(H,21,23)/t13-,17+/m0/s1. The van der Waals surface area contributed by atoms with Crippen molar-refractivity contribution in [2.75, 3.05) is 20.7 Å². The number of carbonyl (C=O) groups is 1. The minimum Gasteiger partial charge on any atom is -0.375 e. The Morgan fingerprint density at radius 1 is 1.29 bits per heavy atom. The molecule has 0 aliphatic rings. The first-order valence-electron chi connectivity index (χ1n) is 7.71. The number of hydrogen-bond donors (Lipinski definition) is 1. The Hall–Kier alpha value is -2.11. The first-order valence-corrected chi connectivity index (χ1v) is 8.09. The van der Waals surface area contributed by atoms with Gasteiger partial charge in [-0.15, -0.1) is 0 Å². The van der Waals surface area contributed by atoms with E-state index < -0.39 is 0 Å². The molecule has 2 aromatic rings. The van der Waals surface area contributed by atoms with Crippen LogP contribution in [-0.2, 0) is 4.74 Å². The zero-order chi connectivity index (χ0) is 17.5. The van der Waals surface area contributed by atoms with Crippen LogP contribution in [0, 0.1) is 0 Å². The van der Waals surface area contributed by atoms with Crippen LogP contribution in [0.1, 0.15) is 30.2 Å². The van der Waals surface area contributed by atoms with Gasteiger partial charge in [-0.05, 0) is 36.2 Å². The van der Waals surface area contributed by atoms with Crippen molar-refractivity contribution in [3.63, 3.8) is 0 Å². The van der Waals surface area contributed by atoms with Gasteiger partial charge in [-0.3, -0.25) is 4.98 Å². The third-order valence-corrected chi connectivity index (χ3v) is 4.29. The minimum absolute atomic E-state index is 0.0739. The van der Waals surface area contributed by atoms with E-state index in [4.69, 9.17) is 16.3 Å². The number of urea groups is 1. The Morgan fingerprint density at radius 2 is 2.00 bits per heavy atom. The van der Waals surface area contributed by atoms with Gasteiger partial charge in [0.2, 0.25) is 0 Å². The van der Waals surface area contributed by atoms with Gasteiger partial charge in [0.15, 0.2) is 0 Å². The van der Waals surface area contributed by atoms with Gasteiger partial charge >= 0.3 is 6.03 Å². The van der Waals surface area contributed by atoms with E-state index >= 15 is 0 Å². The summed E-state index contributed by atoms with van der Waals surface area (Å²) in [5.41, 5.74) is 1.95. The summed E-state index contributed by atoms with van der Waals surface area (Å²) in [5, 5.41) is 3.57. The SMILES string of the molecule is CO[C@H](CNC(=O)N(C)[C@@H](C)c1cccnc1)c1ccc(Cl)cc1. The second kappa shape index (κ2) is 8.66. The van der Waals surface area contributed by atoms with Gasteiger partial charge in [-0.1, -0.05) is 29.8 Å². The van der Waals surface area contributed by atoms with Crippen molar-refractivity contribution in [3.8, 4) is 0 Å². The molecule has 0 fully saturated rings. The van der Waals surface area contributed by atoms with Gasteiger partial charge in [0.05, 0.1) is 12.1 Å². The second-order valence-electron chi connectivity index (χ2n) is 5.54. The van der Waals surface area contributed by atoms with Crippen LogP contribution < -0.4 is 5.32 Å². The third kappa shape index (κ3) is 4.69. The van der Waals surface area contributed by atoms with E-state index in [1.807, 2.05) is 31.2 Å². The fourth-order valence-corrected chi connectivity index (χ4v) is 2.47. The summed E-state index contributed by atoms with van der Waals surface area (Å²) in [6, 6.07) is 11.0. The average Bonchev–Trinajstić information content (AvgIpc) is 2.62. The molecule has 24 heavy (non-hydrogen) atoms. The van der Waals surface area contributed by atoms with Crippen LogP contribution in [0.25, 0.3) is 0 Å². The lowest BCUT2D eigenvalue weighted by atomic mass is 10.1. The molecule has 1 N–H and O–H groups in total. The number of halogens is 1. The van der Waals surface area contributed by atoms with Crippen LogP contribution in [0.15, 0.2) is 48.8 Å². The number of aromatic nitrogens is 1. The van der Waals surface area contributed by atoms with E-state index in [0.717, 1.165) is 11.1 Å². The average molecular weight is 348 g/mol. The number of amides is 2. The van der Waals surface area contributed by atoms with Crippen molar-refractivity contribution >= 4 is 17.6 Å². The molecule has 0 aliphatic heterocycles. The highest BCUT2D eigenvalue weighted by Gasteiger charge is 2.19. The zero-order valence-electron chi connectivity index (χ0n) is 14.1. The molecule has 2 rings (SSSR count). The molecule has 128 valence electrons. The predicted molar refractivity (Wildman–Crippen MR) is 95.0 cm³/mol. The van der Waals surface area contributed by atoms with Gasteiger partial charge in [-0.2, -0.15) is 0 Å². The van der Waals surface area contributed by atoms with Crippen molar-refractivity contribution in [3.05, 3.63) is 64.9 Å². The molecular formula is C18H22ClN3O2. The number of hydrogen-bond acceptors (Lipinski definition) is 3. The van der Waals surface area contributed by atoms with Crippen LogP contribution in [0.5, 0.6) is 0 Å². The molecule has 5 nitrogen and oxygen atoms in total. The van der Waals surface area contributed by atoms with Gasteiger partial charge in [-0.25, -0.2) is 4.79 Å². The summed E-state index contributed by atoms with van der Waals surface area (Å²) < 4.78 is 5.47. The Kier molecular flexibility index (Phi) is 6.58. The summed E-state index contributed by atoms with van der Waals surface area (Å²) in [6.07, 6.45) is 3.25. The summed E-state index contributed by atoms with van der Waals surface area (Å²) in [5.74, 6) is 0. The molecule has 0 aliphatic carbocycles. The lowest BCUT2D eigenvalue weighted by molar-refractivity contribution is 0.101. The summed E-state index contributed by atoms with van der Waals surface area (Å²) in [7, 11) is 3.38. The number of benzene rings is 1. The number of rotatable bonds is 6. The molecule has 0 bridgehead atoms. The molecule has 1 heterocycles. The van der Waals surface area contributed by atoms with Crippen LogP contribution in [0.2, 0.25) is 5.02 Å². The van der Waals surface area contributed by atoms with Crippen molar-refractivity contribution < 1.29 is 9.53 Å². The Balaban J connectivity index is 1.94. The van der Waals surface area contributed by atoms with Crippen molar-refractivity contribution in [1.29, 1.82) is 0 Å². The van der Waals surface area contributed by atoms with Crippen LogP contribution in [0.3, 0.4) is 0 Å². The van der Waals surface area contributed by atoms with E-state index in [1.165, 1.54) is 0 Å². The summed E-state index contributed by atoms with van der Waals surface area (Å²) in [6.45, 7) is 2.34. The largest absolute Gasteiger partial charge is 0.375 e. The highest BCUT2D eigenvalue weighted by Crippen LogP contribution is 2.20. The first kappa shape index (κ1) is 18.2. The number of pyridine rings is 1. The lowest BCUT2D eigenvalue weighted by Crippen LogP contribution is -2.40. The molecule has 1 aromatic heterocycles. The molecule has 6 heteroatoms. The lowest BCUT2D eigenvalue weighted by Gasteiger charge is -2.26. The fourth-order valence-electron chi connectivity index (χ4n) is 2.34. The summed E-state index contributed by atoms with van der Waals surface area (Å²) in [4.78, 5) is 18.1. The second-order valence-corrected chi connectivity index (χ2v) is 5.97. The van der Waals surface area contributed by atoms with E-state index in [1.54, 1.807) is 43.6 Å². The van der Waals surface area contributed by atoms with E-state index in [-0.39, 0.29) is 18.2 Å². The molecule has 0 unspecified atom stereocenters. The van der Waals surface area contributed by atoms with E-state index in [9.17, 15) is 4.79 Å². The molecule has 0 spiro atoms. The van der Waals surface area contributed by atoms with Crippen LogP contribution >= 0.6 is 11.6 Å². The predicted octanol–water partition coefficient (Wildman–Crippen LogP) is 3.83. The number of carbonyl (C=O) groups excluding carboxylic acids is 1. The van der Waals surface area contributed by atoms with Crippen molar-refractivity contribution in [2.45, 2.75) is 19.1 Å². The van der Waals surface area contributed by atoms with Gasteiger partial charge in [0, 0.05) is 38.1 Å². The van der Waals surface area contributed by atoms with E-state index in [0.29, 0.717) is 11.6 Å². The maximum Gasteiger partial charge on any atom is 0.317 e. The Labute approximate surface area is 147 Å². The maximum atomic E-state index is 12.4. The van der Waals surface area contributed by atoms with Crippen molar-refractivity contribution in [1.82, 2.24) is 15.2 Å². The number of nitrogens with zero attached hydrogens (tertiary/aromatic N) is 2.